The van der Waals surface area contributed by atoms with Gasteiger partial charge in [0.2, 0.25) is 0 Å². The minimum atomic E-state index is -1.62. The van der Waals surface area contributed by atoms with Crippen LogP contribution < -0.4 is 19.9 Å². The Hall–Kier alpha value is -3.88. The van der Waals surface area contributed by atoms with Crippen molar-refractivity contribution >= 4 is 23.6 Å². The zero-order valence-corrected chi connectivity index (χ0v) is 14.4. The fraction of sp³-hybridized carbons (Fsp3) is 0.111. The van der Waals surface area contributed by atoms with Gasteiger partial charge in [-0.3, -0.25) is 14.9 Å². The topological polar surface area (TPSA) is 131 Å². The number of nitrogens with zero attached hydrogens (tertiary/aromatic N) is 1. The first-order valence-corrected chi connectivity index (χ1v) is 7.56. The highest BCUT2D eigenvalue weighted by Crippen LogP contribution is 2.28. The monoisotopic (exact) mass is 371 g/mol. The van der Waals surface area contributed by atoms with Gasteiger partial charge in [0.25, 0.3) is 11.6 Å². The van der Waals surface area contributed by atoms with E-state index in [9.17, 15) is 24.8 Å². The molecule has 0 aliphatic carbocycles. The molecule has 0 radical (unpaired) electrons. The summed E-state index contributed by atoms with van der Waals surface area (Å²) in [6, 6.07) is 9.55. The van der Waals surface area contributed by atoms with E-state index < -0.39 is 22.5 Å². The van der Waals surface area contributed by atoms with Crippen molar-refractivity contribution in [2.75, 3.05) is 14.2 Å². The lowest BCUT2D eigenvalue weighted by molar-refractivity contribution is -0.384. The molecule has 2 aromatic carbocycles. The first-order valence-electron chi connectivity index (χ1n) is 7.56. The van der Waals surface area contributed by atoms with Crippen LogP contribution >= 0.6 is 0 Å². The molecule has 2 rings (SSSR count). The first kappa shape index (κ1) is 19.4. The van der Waals surface area contributed by atoms with Gasteiger partial charge in [-0.2, -0.15) is 0 Å². The summed E-state index contributed by atoms with van der Waals surface area (Å²) in [5.74, 6) is -1.63. The summed E-state index contributed by atoms with van der Waals surface area (Å²) in [7, 11) is 2.88. The van der Waals surface area contributed by atoms with Crippen LogP contribution in [0, 0.1) is 10.1 Å². The predicted molar refractivity (Wildman–Crippen MR) is 93.1 cm³/mol. The van der Waals surface area contributed by atoms with Crippen LogP contribution in [0.3, 0.4) is 0 Å². The number of carbonyl (C=O) groups is 2. The van der Waals surface area contributed by atoms with Crippen molar-refractivity contribution in [3.8, 4) is 11.5 Å². The van der Waals surface area contributed by atoms with E-state index in [1.165, 1.54) is 44.6 Å². The van der Waals surface area contributed by atoms with Crippen molar-refractivity contribution in [2.24, 2.45) is 0 Å². The maximum atomic E-state index is 12.2. The van der Waals surface area contributed by atoms with Gasteiger partial charge in [0, 0.05) is 17.7 Å². The smallest absolute Gasteiger partial charge is 0.270 e. The quantitative estimate of drug-likeness (QED) is 0.438. The van der Waals surface area contributed by atoms with Crippen LogP contribution in [-0.2, 0) is 4.79 Å². The molecule has 1 N–H and O–H groups in total. The molecule has 0 spiro atoms. The molecule has 0 unspecified atom stereocenters. The Morgan fingerprint density at radius 3 is 2.37 bits per heavy atom. The van der Waals surface area contributed by atoms with Gasteiger partial charge >= 0.3 is 0 Å². The van der Waals surface area contributed by atoms with E-state index in [4.69, 9.17) is 9.47 Å². The van der Waals surface area contributed by atoms with Gasteiger partial charge in [-0.05, 0) is 29.8 Å². The molecular weight excluding hydrogens is 356 g/mol. The summed E-state index contributed by atoms with van der Waals surface area (Å²) in [6.07, 6.45) is 1.17. The van der Waals surface area contributed by atoms with Crippen LogP contribution in [0.2, 0.25) is 0 Å². The molecule has 0 saturated carbocycles. The Bertz CT molecular complexity index is 922. The standard InChI is InChI=1S/C18H16N2O7/c1-26-15-7-6-11(9-16(15)27-2)8-14(18(22)23)19-17(21)12-4-3-5-13(10-12)20(24)25/h3-10H,1-2H3,(H,19,21)(H,22,23)/p-1/b14-8-. The highest BCUT2D eigenvalue weighted by atomic mass is 16.6. The van der Waals surface area contributed by atoms with E-state index in [1.807, 2.05) is 0 Å². The van der Waals surface area contributed by atoms with Gasteiger partial charge in [0.15, 0.2) is 11.5 Å². The minimum absolute atomic E-state index is 0.0661. The number of carboxylic acids is 1. The lowest BCUT2D eigenvalue weighted by atomic mass is 10.1. The Balaban J connectivity index is 2.31. The number of aliphatic carboxylic acids is 1. The number of amides is 1. The summed E-state index contributed by atoms with van der Waals surface area (Å²) in [5, 5.41) is 24.3. The molecule has 0 heterocycles. The fourth-order valence-corrected chi connectivity index (χ4v) is 2.21. The van der Waals surface area contributed by atoms with Crippen molar-refractivity contribution in [1.82, 2.24) is 5.32 Å². The van der Waals surface area contributed by atoms with Gasteiger partial charge < -0.3 is 24.7 Å². The van der Waals surface area contributed by atoms with Crippen LogP contribution in [-0.4, -0.2) is 31.0 Å². The maximum Gasteiger partial charge on any atom is 0.270 e. The second kappa shape index (κ2) is 8.48. The van der Waals surface area contributed by atoms with Crippen molar-refractivity contribution in [1.29, 1.82) is 0 Å². The molecule has 27 heavy (non-hydrogen) atoms. The number of non-ortho nitro benzene ring substituents is 1. The van der Waals surface area contributed by atoms with E-state index in [2.05, 4.69) is 5.32 Å². The highest BCUT2D eigenvalue weighted by molar-refractivity contribution is 6.02. The number of ether oxygens (including phenoxy) is 2. The third-order valence-corrected chi connectivity index (χ3v) is 3.51. The number of nitro groups is 1. The zero-order chi connectivity index (χ0) is 20.0. The van der Waals surface area contributed by atoms with Crippen LogP contribution in [0.15, 0.2) is 48.2 Å². The lowest BCUT2D eigenvalue weighted by Crippen LogP contribution is -2.35. The number of benzene rings is 2. The SMILES string of the molecule is COc1ccc(/C=C(\NC(=O)c2cccc([N+](=O)[O-])c2)C(=O)[O-])cc1OC. The largest absolute Gasteiger partial charge is 0.543 e. The van der Waals surface area contributed by atoms with Crippen molar-refractivity contribution in [3.05, 3.63) is 69.4 Å². The summed E-state index contributed by atoms with van der Waals surface area (Å²) < 4.78 is 10.2. The Morgan fingerprint density at radius 1 is 1.07 bits per heavy atom. The number of rotatable bonds is 7. The average Bonchev–Trinajstić information content (AvgIpc) is 2.67. The molecule has 0 aliphatic heterocycles. The molecular formula is C18H15N2O7-. The van der Waals surface area contributed by atoms with E-state index in [-0.39, 0.29) is 11.3 Å². The maximum absolute atomic E-state index is 12.2. The minimum Gasteiger partial charge on any atom is -0.543 e. The van der Waals surface area contributed by atoms with Crippen LogP contribution in [0.5, 0.6) is 11.5 Å². The molecule has 0 atom stereocenters. The zero-order valence-electron chi connectivity index (χ0n) is 14.4. The molecule has 2 aromatic rings. The Labute approximate surface area is 154 Å². The molecule has 0 aromatic heterocycles. The molecule has 9 heteroatoms. The highest BCUT2D eigenvalue weighted by Gasteiger charge is 2.13. The molecule has 0 aliphatic rings. The van der Waals surface area contributed by atoms with Crippen molar-refractivity contribution in [3.63, 3.8) is 0 Å². The molecule has 140 valence electrons. The summed E-state index contributed by atoms with van der Waals surface area (Å²) >= 11 is 0. The van der Waals surface area contributed by atoms with Gasteiger partial charge in [-0.25, -0.2) is 0 Å². The Morgan fingerprint density at radius 2 is 1.78 bits per heavy atom. The van der Waals surface area contributed by atoms with Crippen LogP contribution in [0.1, 0.15) is 15.9 Å². The third kappa shape index (κ3) is 4.82. The van der Waals surface area contributed by atoms with Gasteiger partial charge in [-0.1, -0.05) is 12.1 Å². The number of nitrogens with one attached hydrogen (secondary N) is 1. The van der Waals surface area contributed by atoms with E-state index in [0.29, 0.717) is 17.1 Å². The Kier molecular flexibility index (Phi) is 6.10. The van der Waals surface area contributed by atoms with E-state index >= 15 is 0 Å². The summed E-state index contributed by atoms with van der Waals surface area (Å²) in [4.78, 5) is 33.7. The molecule has 0 bridgehead atoms. The second-order valence-corrected chi connectivity index (χ2v) is 5.22. The number of methoxy groups -OCH3 is 2. The molecule has 1 amide bonds. The lowest BCUT2D eigenvalue weighted by Gasteiger charge is -2.12. The van der Waals surface area contributed by atoms with E-state index in [1.54, 1.807) is 12.1 Å². The number of nitro benzene ring substituents is 1. The number of hydrogen-bond donors (Lipinski definition) is 1. The van der Waals surface area contributed by atoms with Gasteiger partial charge in [-0.15, -0.1) is 0 Å². The number of carboxylic acid groups (broad SMARTS) is 1. The first-order chi connectivity index (χ1) is 12.8. The molecule has 0 saturated heterocycles. The molecule has 9 nitrogen and oxygen atoms in total. The fourth-order valence-electron chi connectivity index (χ4n) is 2.21. The second-order valence-electron chi connectivity index (χ2n) is 5.22. The van der Waals surface area contributed by atoms with Gasteiger partial charge in [0.05, 0.1) is 30.8 Å². The summed E-state index contributed by atoms with van der Waals surface area (Å²) in [6.45, 7) is 0. The number of carbonyl (C=O) groups excluding carboxylic acids is 2. The van der Waals surface area contributed by atoms with Crippen LogP contribution in [0.4, 0.5) is 5.69 Å². The third-order valence-electron chi connectivity index (χ3n) is 3.51. The van der Waals surface area contributed by atoms with Crippen LogP contribution in [0.25, 0.3) is 6.08 Å². The normalized spacial score (nSPS) is 10.8. The summed E-state index contributed by atoms with van der Waals surface area (Å²) in [5.41, 5.74) is -0.463. The predicted octanol–water partition coefficient (Wildman–Crippen LogP) is 1.13. The van der Waals surface area contributed by atoms with Gasteiger partial charge in [0.1, 0.15) is 0 Å². The number of hydrogen-bond acceptors (Lipinski definition) is 7. The van der Waals surface area contributed by atoms with Crippen molar-refractivity contribution < 1.29 is 29.1 Å². The average molecular weight is 371 g/mol. The van der Waals surface area contributed by atoms with E-state index in [0.717, 1.165) is 6.07 Å². The molecule has 0 fully saturated rings. The van der Waals surface area contributed by atoms with Crippen molar-refractivity contribution in [2.45, 2.75) is 0 Å².